The summed E-state index contributed by atoms with van der Waals surface area (Å²) < 4.78 is 8.18. The lowest BCUT2D eigenvalue weighted by Crippen LogP contribution is -1.96. The van der Waals surface area contributed by atoms with Gasteiger partial charge in [0.05, 0.1) is 16.6 Å². The van der Waals surface area contributed by atoms with Crippen LogP contribution in [0, 0.1) is 11.3 Å². The fraction of sp³-hybridized carbons (Fsp3) is 0. The van der Waals surface area contributed by atoms with Crippen LogP contribution in [0.5, 0.6) is 17.4 Å². The number of hydrogen-bond donors (Lipinski definition) is 1. The summed E-state index contributed by atoms with van der Waals surface area (Å²) in [6.07, 6.45) is 1.78. The summed E-state index contributed by atoms with van der Waals surface area (Å²) in [6, 6.07) is 28.8. The summed E-state index contributed by atoms with van der Waals surface area (Å²) in [6.45, 7) is 0. The molecule has 1 N–H and O–H groups in total. The predicted octanol–water partition coefficient (Wildman–Crippen LogP) is 6.10. The summed E-state index contributed by atoms with van der Waals surface area (Å²) in [5, 5.41) is 22.5. The summed E-state index contributed by atoms with van der Waals surface area (Å²) in [7, 11) is 0. The Hall–Kier alpha value is -4.89. The Morgan fingerprint density at radius 2 is 1.67 bits per heavy atom. The molecule has 3 aromatic carbocycles. The van der Waals surface area contributed by atoms with Gasteiger partial charge < -0.3 is 9.84 Å². The van der Waals surface area contributed by atoms with Gasteiger partial charge in [-0.1, -0.05) is 30.3 Å². The zero-order chi connectivity index (χ0) is 22.4. The van der Waals surface area contributed by atoms with Crippen molar-refractivity contribution in [2.24, 2.45) is 0 Å². The number of fused-ring (bicyclic) bond motifs is 4. The van der Waals surface area contributed by atoms with Gasteiger partial charge in [0.2, 0.25) is 5.88 Å². The Bertz CT molecular complexity index is 1720. The topological polar surface area (TPSA) is 84.0 Å². The van der Waals surface area contributed by atoms with Crippen molar-refractivity contribution >= 4 is 32.7 Å². The monoisotopic (exact) mass is 428 g/mol. The minimum Gasteiger partial charge on any atom is -0.504 e. The number of ether oxygens (including phenoxy) is 1. The molecule has 0 fully saturated rings. The molecule has 0 saturated carbocycles. The number of benzene rings is 3. The second-order valence-corrected chi connectivity index (χ2v) is 7.62. The number of para-hydroxylation sites is 1. The predicted molar refractivity (Wildman–Crippen MR) is 127 cm³/mol. The minimum atomic E-state index is -0.147. The molecule has 3 heterocycles. The largest absolute Gasteiger partial charge is 0.504 e. The van der Waals surface area contributed by atoms with Gasteiger partial charge in [0.25, 0.3) is 0 Å². The highest BCUT2D eigenvalue weighted by Gasteiger charge is 2.14. The Labute approximate surface area is 188 Å². The van der Waals surface area contributed by atoms with Gasteiger partial charge in [0.1, 0.15) is 23.2 Å². The van der Waals surface area contributed by atoms with E-state index in [1.165, 1.54) is 0 Å². The standard InChI is InChI=1S/C27H16N4O2/c28-16-18-9-8-17-10-13-25(30-26(17)27(18)32)33-19-11-12-21-20-5-1-2-6-22(20)31(23(21)15-19)24-7-3-4-14-29-24/h1-15,32H. The van der Waals surface area contributed by atoms with E-state index in [2.05, 4.69) is 26.7 Å². The van der Waals surface area contributed by atoms with Crippen LogP contribution in [0.25, 0.3) is 38.5 Å². The van der Waals surface area contributed by atoms with Crippen LogP contribution in [0.3, 0.4) is 0 Å². The third-order valence-corrected chi connectivity index (χ3v) is 5.68. The number of rotatable bonds is 3. The lowest BCUT2D eigenvalue weighted by Gasteiger charge is -2.09. The first kappa shape index (κ1) is 18.8. The van der Waals surface area contributed by atoms with Crippen LogP contribution in [-0.2, 0) is 0 Å². The fourth-order valence-electron chi connectivity index (χ4n) is 4.17. The van der Waals surface area contributed by atoms with Gasteiger partial charge in [-0.15, -0.1) is 0 Å². The van der Waals surface area contributed by atoms with Gasteiger partial charge in [0.15, 0.2) is 5.75 Å². The van der Waals surface area contributed by atoms with Crippen LogP contribution < -0.4 is 4.74 Å². The SMILES string of the molecule is N#Cc1ccc2ccc(Oc3ccc4c5ccccc5n(-c5ccccn5)c4c3)nc2c1O. The summed E-state index contributed by atoms with van der Waals surface area (Å²) in [4.78, 5) is 8.99. The van der Waals surface area contributed by atoms with Gasteiger partial charge in [-0.05, 0) is 42.5 Å². The molecule has 33 heavy (non-hydrogen) atoms. The Kier molecular flexibility index (Phi) is 4.20. The van der Waals surface area contributed by atoms with Crippen LogP contribution in [0.4, 0.5) is 0 Å². The second-order valence-electron chi connectivity index (χ2n) is 7.62. The van der Waals surface area contributed by atoms with Gasteiger partial charge in [-0.2, -0.15) is 5.26 Å². The second kappa shape index (κ2) is 7.36. The quantitative estimate of drug-likeness (QED) is 0.368. The van der Waals surface area contributed by atoms with Gasteiger partial charge in [-0.25, -0.2) is 9.97 Å². The van der Waals surface area contributed by atoms with Crippen molar-refractivity contribution in [2.75, 3.05) is 0 Å². The molecular formula is C27H16N4O2. The van der Waals surface area contributed by atoms with Crippen LogP contribution in [-0.4, -0.2) is 19.6 Å². The molecule has 0 amide bonds. The van der Waals surface area contributed by atoms with E-state index >= 15 is 0 Å². The van der Waals surface area contributed by atoms with E-state index in [4.69, 9.17) is 4.74 Å². The Morgan fingerprint density at radius 3 is 2.52 bits per heavy atom. The maximum absolute atomic E-state index is 10.4. The lowest BCUT2D eigenvalue weighted by molar-refractivity contribution is 0.460. The molecule has 0 saturated heterocycles. The van der Waals surface area contributed by atoms with Gasteiger partial charge in [0, 0.05) is 34.5 Å². The van der Waals surface area contributed by atoms with Gasteiger partial charge >= 0.3 is 0 Å². The summed E-state index contributed by atoms with van der Waals surface area (Å²) >= 11 is 0. The normalized spacial score (nSPS) is 11.1. The Morgan fingerprint density at radius 1 is 0.848 bits per heavy atom. The first-order valence-electron chi connectivity index (χ1n) is 10.4. The highest BCUT2D eigenvalue weighted by Crippen LogP contribution is 2.35. The number of aromatic hydroxyl groups is 1. The molecule has 156 valence electrons. The van der Waals surface area contributed by atoms with E-state index < -0.39 is 0 Å². The molecule has 0 bridgehead atoms. The molecule has 0 spiro atoms. The molecule has 0 aliphatic carbocycles. The molecule has 3 aromatic heterocycles. The number of nitrogens with zero attached hydrogens (tertiary/aromatic N) is 4. The molecule has 0 aliphatic heterocycles. The average Bonchev–Trinajstić information content (AvgIpc) is 3.19. The maximum atomic E-state index is 10.4. The van der Waals surface area contributed by atoms with Gasteiger partial charge in [-0.3, -0.25) is 4.57 Å². The first-order valence-corrected chi connectivity index (χ1v) is 10.4. The van der Waals surface area contributed by atoms with E-state index in [1.54, 1.807) is 24.4 Å². The van der Waals surface area contributed by atoms with E-state index in [1.807, 2.05) is 60.7 Å². The zero-order valence-corrected chi connectivity index (χ0v) is 17.3. The minimum absolute atomic E-state index is 0.147. The third-order valence-electron chi connectivity index (χ3n) is 5.68. The number of nitriles is 1. The van der Waals surface area contributed by atoms with Crippen molar-refractivity contribution in [1.29, 1.82) is 5.26 Å². The molecule has 0 aliphatic rings. The van der Waals surface area contributed by atoms with E-state index in [-0.39, 0.29) is 11.3 Å². The van der Waals surface area contributed by atoms with Crippen molar-refractivity contribution in [2.45, 2.75) is 0 Å². The first-order chi connectivity index (χ1) is 16.2. The molecule has 0 radical (unpaired) electrons. The number of phenols is 1. The number of aromatic nitrogens is 3. The van der Waals surface area contributed by atoms with E-state index in [9.17, 15) is 10.4 Å². The van der Waals surface area contributed by atoms with Crippen molar-refractivity contribution in [3.05, 3.63) is 96.7 Å². The molecule has 6 heteroatoms. The molecule has 0 unspecified atom stereocenters. The van der Waals surface area contributed by atoms with Crippen molar-refractivity contribution in [3.63, 3.8) is 0 Å². The van der Waals surface area contributed by atoms with Crippen LogP contribution in [0.2, 0.25) is 0 Å². The maximum Gasteiger partial charge on any atom is 0.219 e. The summed E-state index contributed by atoms with van der Waals surface area (Å²) in [5.41, 5.74) is 2.52. The van der Waals surface area contributed by atoms with Crippen LogP contribution in [0.15, 0.2) is 91.1 Å². The van der Waals surface area contributed by atoms with Crippen molar-refractivity contribution in [1.82, 2.24) is 14.5 Å². The third kappa shape index (κ3) is 3.03. The number of pyridine rings is 2. The Balaban J connectivity index is 1.50. The molecule has 6 aromatic rings. The smallest absolute Gasteiger partial charge is 0.219 e. The highest BCUT2D eigenvalue weighted by atomic mass is 16.5. The lowest BCUT2D eigenvalue weighted by atomic mass is 10.1. The zero-order valence-electron chi connectivity index (χ0n) is 17.3. The molecule has 6 nitrogen and oxygen atoms in total. The highest BCUT2D eigenvalue weighted by molar-refractivity contribution is 6.09. The van der Waals surface area contributed by atoms with Crippen LogP contribution >= 0.6 is 0 Å². The summed E-state index contributed by atoms with van der Waals surface area (Å²) in [5.74, 6) is 1.60. The molecule has 0 atom stereocenters. The van der Waals surface area contributed by atoms with Crippen LogP contribution in [0.1, 0.15) is 5.56 Å². The van der Waals surface area contributed by atoms with E-state index in [0.717, 1.165) is 33.0 Å². The average molecular weight is 428 g/mol. The fourth-order valence-corrected chi connectivity index (χ4v) is 4.17. The molecule has 6 rings (SSSR count). The number of hydrogen-bond acceptors (Lipinski definition) is 5. The van der Waals surface area contributed by atoms with E-state index in [0.29, 0.717) is 17.1 Å². The van der Waals surface area contributed by atoms with Crippen molar-refractivity contribution < 1.29 is 9.84 Å². The number of phenolic OH excluding ortho intramolecular Hbond substituents is 1. The molecular weight excluding hydrogens is 412 g/mol. The van der Waals surface area contributed by atoms with Crippen molar-refractivity contribution in [3.8, 4) is 29.3 Å².